The number of carbonyl (C=O) groups is 1. The third kappa shape index (κ3) is 2.57. The quantitative estimate of drug-likeness (QED) is 0.738. The van der Waals surface area contributed by atoms with Crippen LogP contribution in [0.3, 0.4) is 0 Å². The van der Waals surface area contributed by atoms with Gasteiger partial charge in [0.2, 0.25) is 5.91 Å². The van der Waals surface area contributed by atoms with E-state index in [2.05, 4.69) is 6.07 Å². The molecule has 0 aromatic heterocycles. The van der Waals surface area contributed by atoms with Crippen LogP contribution in [-0.2, 0) is 11.2 Å². The Kier molecular flexibility index (Phi) is 3.25. The average molecular weight is 192 g/mol. The van der Waals surface area contributed by atoms with Crippen molar-refractivity contribution >= 4 is 5.91 Å². The van der Waals surface area contributed by atoms with Gasteiger partial charge in [-0.2, -0.15) is 0 Å². The zero-order valence-corrected chi connectivity index (χ0v) is 8.58. The van der Waals surface area contributed by atoms with E-state index >= 15 is 0 Å². The van der Waals surface area contributed by atoms with Crippen molar-refractivity contribution in [2.45, 2.75) is 26.3 Å². The molecule has 1 aromatic carbocycles. The number of hydrogen-bond acceptors (Lipinski definition) is 2. The van der Waals surface area contributed by atoms with Gasteiger partial charge in [0, 0.05) is 0 Å². The monoisotopic (exact) mass is 192 g/mol. The first-order valence-corrected chi connectivity index (χ1v) is 4.61. The zero-order valence-electron chi connectivity index (χ0n) is 8.58. The number of primary amides is 1. The molecule has 0 aliphatic rings. The number of carbonyl (C=O) groups excluding carboxylic acids is 1. The highest BCUT2D eigenvalue weighted by Gasteiger charge is 2.11. The first kappa shape index (κ1) is 10.7. The lowest BCUT2D eigenvalue weighted by Crippen LogP contribution is -2.38. The van der Waals surface area contributed by atoms with E-state index in [1.807, 2.05) is 26.0 Å². The van der Waals surface area contributed by atoms with Crippen molar-refractivity contribution in [1.29, 1.82) is 0 Å². The molecular formula is C11H16N2O. The van der Waals surface area contributed by atoms with Gasteiger partial charge in [-0.05, 0) is 31.4 Å². The van der Waals surface area contributed by atoms with E-state index in [9.17, 15) is 4.79 Å². The lowest BCUT2D eigenvalue weighted by molar-refractivity contribution is -0.119. The van der Waals surface area contributed by atoms with Crippen LogP contribution in [0.25, 0.3) is 0 Å². The summed E-state index contributed by atoms with van der Waals surface area (Å²) in [4.78, 5) is 10.8. The van der Waals surface area contributed by atoms with Gasteiger partial charge in [0.15, 0.2) is 0 Å². The first-order valence-electron chi connectivity index (χ1n) is 4.61. The number of benzene rings is 1. The van der Waals surface area contributed by atoms with Gasteiger partial charge in [0.25, 0.3) is 0 Å². The smallest absolute Gasteiger partial charge is 0.234 e. The van der Waals surface area contributed by atoms with Crippen molar-refractivity contribution in [2.24, 2.45) is 11.5 Å². The van der Waals surface area contributed by atoms with Gasteiger partial charge >= 0.3 is 0 Å². The summed E-state index contributed by atoms with van der Waals surface area (Å²) < 4.78 is 0. The standard InChI is InChI=1S/C11H16N2O/c1-7-3-4-9(8(2)5-7)6-10(12)11(13)14/h3-5,10H,6,12H2,1-2H3,(H2,13,14). The second-order valence-corrected chi connectivity index (χ2v) is 3.64. The summed E-state index contributed by atoms with van der Waals surface area (Å²) in [5.74, 6) is -0.454. The molecule has 0 spiro atoms. The molecule has 0 fully saturated rings. The summed E-state index contributed by atoms with van der Waals surface area (Å²) in [6.07, 6.45) is 0.515. The van der Waals surface area contributed by atoms with Gasteiger partial charge in [0.1, 0.15) is 0 Å². The highest BCUT2D eigenvalue weighted by atomic mass is 16.1. The molecule has 0 radical (unpaired) electrons. The predicted molar refractivity (Wildman–Crippen MR) is 56.8 cm³/mol. The molecule has 1 aromatic rings. The zero-order chi connectivity index (χ0) is 10.7. The Morgan fingerprint density at radius 2 is 2.07 bits per heavy atom. The molecule has 4 N–H and O–H groups in total. The molecule has 3 nitrogen and oxygen atoms in total. The van der Waals surface area contributed by atoms with Gasteiger partial charge in [-0.1, -0.05) is 23.8 Å². The number of nitrogens with two attached hydrogens (primary N) is 2. The Bertz CT molecular complexity index is 347. The number of aryl methyl sites for hydroxylation is 2. The van der Waals surface area contributed by atoms with Crippen molar-refractivity contribution in [3.8, 4) is 0 Å². The Morgan fingerprint density at radius 3 is 2.57 bits per heavy atom. The van der Waals surface area contributed by atoms with E-state index in [1.54, 1.807) is 0 Å². The van der Waals surface area contributed by atoms with Crippen LogP contribution in [0.4, 0.5) is 0 Å². The van der Waals surface area contributed by atoms with Crippen LogP contribution < -0.4 is 11.5 Å². The Labute approximate surface area is 84.1 Å². The third-order valence-electron chi connectivity index (χ3n) is 2.30. The molecule has 1 atom stereocenters. The fourth-order valence-electron chi connectivity index (χ4n) is 1.41. The molecule has 0 saturated heterocycles. The summed E-state index contributed by atoms with van der Waals surface area (Å²) in [6.45, 7) is 4.04. The third-order valence-corrected chi connectivity index (χ3v) is 2.30. The van der Waals surface area contributed by atoms with E-state index in [0.29, 0.717) is 6.42 Å². The lowest BCUT2D eigenvalue weighted by Gasteiger charge is -2.10. The molecule has 0 saturated carbocycles. The molecule has 1 unspecified atom stereocenters. The van der Waals surface area contributed by atoms with Crippen LogP contribution in [0.2, 0.25) is 0 Å². The molecule has 14 heavy (non-hydrogen) atoms. The van der Waals surface area contributed by atoms with Gasteiger partial charge in [-0.15, -0.1) is 0 Å². The van der Waals surface area contributed by atoms with Gasteiger partial charge in [-0.3, -0.25) is 4.79 Å². The molecule has 0 aliphatic heterocycles. The molecule has 0 bridgehead atoms. The van der Waals surface area contributed by atoms with Crippen LogP contribution in [0, 0.1) is 13.8 Å². The maximum absolute atomic E-state index is 10.8. The van der Waals surface area contributed by atoms with Crippen LogP contribution in [0.15, 0.2) is 18.2 Å². The summed E-state index contributed by atoms with van der Waals surface area (Å²) >= 11 is 0. The number of rotatable bonds is 3. The van der Waals surface area contributed by atoms with E-state index < -0.39 is 11.9 Å². The lowest BCUT2D eigenvalue weighted by atomic mass is 9.99. The SMILES string of the molecule is Cc1ccc(CC(N)C(N)=O)c(C)c1. The van der Waals surface area contributed by atoms with E-state index in [1.165, 1.54) is 5.56 Å². The van der Waals surface area contributed by atoms with Crippen molar-refractivity contribution in [1.82, 2.24) is 0 Å². The van der Waals surface area contributed by atoms with E-state index in [-0.39, 0.29) is 0 Å². The molecular weight excluding hydrogens is 176 g/mol. The minimum absolute atomic E-state index is 0.454. The maximum atomic E-state index is 10.8. The molecule has 0 aliphatic carbocycles. The van der Waals surface area contributed by atoms with Gasteiger partial charge in [-0.25, -0.2) is 0 Å². The summed E-state index contributed by atoms with van der Waals surface area (Å²) in [5.41, 5.74) is 14.1. The minimum Gasteiger partial charge on any atom is -0.368 e. The minimum atomic E-state index is -0.587. The average Bonchev–Trinajstić information content (AvgIpc) is 2.09. The van der Waals surface area contributed by atoms with Gasteiger partial charge in [0.05, 0.1) is 6.04 Å². The normalized spacial score (nSPS) is 12.5. The Morgan fingerprint density at radius 1 is 1.43 bits per heavy atom. The van der Waals surface area contributed by atoms with Crippen molar-refractivity contribution < 1.29 is 4.79 Å². The van der Waals surface area contributed by atoms with E-state index in [4.69, 9.17) is 11.5 Å². The summed E-state index contributed by atoms with van der Waals surface area (Å²) in [5, 5.41) is 0. The van der Waals surface area contributed by atoms with E-state index in [0.717, 1.165) is 11.1 Å². The summed E-state index contributed by atoms with van der Waals surface area (Å²) in [7, 11) is 0. The van der Waals surface area contributed by atoms with Crippen LogP contribution in [0.5, 0.6) is 0 Å². The molecule has 76 valence electrons. The number of amides is 1. The highest BCUT2D eigenvalue weighted by Crippen LogP contribution is 2.11. The predicted octanol–water partition coefficient (Wildman–Crippen LogP) is 0.659. The van der Waals surface area contributed by atoms with Crippen LogP contribution >= 0.6 is 0 Å². The molecule has 1 amide bonds. The second-order valence-electron chi connectivity index (χ2n) is 3.64. The van der Waals surface area contributed by atoms with Crippen molar-refractivity contribution in [3.63, 3.8) is 0 Å². The topological polar surface area (TPSA) is 69.1 Å². The second kappa shape index (κ2) is 4.24. The Balaban J connectivity index is 2.82. The van der Waals surface area contributed by atoms with Crippen molar-refractivity contribution in [2.75, 3.05) is 0 Å². The molecule has 0 heterocycles. The fraction of sp³-hybridized carbons (Fsp3) is 0.364. The first-order chi connectivity index (χ1) is 6.50. The fourth-order valence-corrected chi connectivity index (χ4v) is 1.41. The molecule has 1 rings (SSSR count). The van der Waals surface area contributed by atoms with Crippen LogP contribution in [0.1, 0.15) is 16.7 Å². The Hall–Kier alpha value is -1.35. The van der Waals surface area contributed by atoms with Gasteiger partial charge < -0.3 is 11.5 Å². The highest BCUT2D eigenvalue weighted by molar-refractivity contribution is 5.79. The van der Waals surface area contributed by atoms with Crippen LogP contribution in [-0.4, -0.2) is 11.9 Å². The largest absolute Gasteiger partial charge is 0.368 e. The maximum Gasteiger partial charge on any atom is 0.234 e. The van der Waals surface area contributed by atoms with Crippen molar-refractivity contribution in [3.05, 3.63) is 34.9 Å². The molecule has 3 heteroatoms. The number of hydrogen-bond donors (Lipinski definition) is 2. The summed E-state index contributed by atoms with van der Waals surface area (Å²) in [6, 6.07) is 5.49.